The Morgan fingerprint density at radius 3 is 2.65 bits per heavy atom. The highest BCUT2D eigenvalue weighted by molar-refractivity contribution is 5.82. The lowest BCUT2D eigenvalue weighted by molar-refractivity contribution is 0.171. The minimum atomic E-state index is -0.157. The summed E-state index contributed by atoms with van der Waals surface area (Å²) in [5.41, 5.74) is 3.04. The molecule has 4 aromatic rings. The van der Waals surface area contributed by atoms with Crippen LogP contribution >= 0.6 is 0 Å². The topological polar surface area (TPSA) is 71.3 Å². The highest BCUT2D eigenvalue weighted by atomic mass is 16.6. The smallest absolute Gasteiger partial charge is 0.266 e. The number of fused-ring (bicyclic) bond motifs is 2. The SMILES string of the molecule is COc1cccc(C=Cc2nc3ccccn3c(=O)c2-c2ccc3c(c2)OCCO3)c1OC1CCCC1. The van der Waals surface area contributed by atoms with Gasteiger partial charge in [0, 0.05) is 11.8 Å². The Hall–Kier alpha value is -4.26. The number of ether oxygens (including phenoxy) is 4. The summed E-state index contributed by atoms with van der Waals surface area (Å²) in [7, 11) is 1.65. The van der Waals surface area contributed by atoms with Gasteiger partial charge in [-0.1, -0.05) is 24.3 Å². The number of pyridine rings is 1. The highest BCUT2D eigenvalue weighted by Crippen LogP contribution is 2.37. The lowest BCUT2D eigenvalue weighted by atomic mass is 10.0. The molecule has 2 aromatic heterocycles. The van der Waals surface area contributed by atoms with Gasteiger partial charge in [0.1, 0.15) is 18.9 Å². The third-order valence-corrected chi connectivity index (χ3v) is 6.83. The van der Waals surface area contributed by atoms with Gasteiger partial charge in [0.2, 0.25) is 0 Å². The van der Waals surface area contributed by atoms with Gasteiger partial charge in [0.15, 0.2) is 23.0 Å². The van der Waals surface area contributed by atoms with Crippen molar-refractivity contribution in [2.75, 3.05) is 20.3 Å². The molecular weight excluding hydrogens is 468 g/mol. The van der Waals surface area contributed by atoms with Gasteiger partial charge in [-0.25, -0.2) is 4.98 Å². The van der Waals surface area contributed by atoms with Crippen molar-refractivity contribution < 1.29 is 18.9 Å². The van der Waals surface area contributed by atoms with Crippen molar-refractivity contribution in [3.8, 4) is 34.1 Å². The third-order valence-electron chi connectivity index (χ3n) is 6.83. The van der Waals surface area contributed by atoms with Crippen molar-refractivity contribution in [3.05, 3.63) is 82.4 Å². The summed E-state index contributed by atoms with van der Waals surface area (Å²) < 4.78 is 25.0. The summed E-state index contributed by atoms with van der Waals surface area (Å²) in [6, 6.07) is 16.9. The number of nitrogens with zero attached hydrogens (tertiary/aromatic N) is 2. The van der Waals surface area contributed by atoms with Crippen molar-refractivity contribution in [3.63, 3.8) is 0 Å². The van der Waals surface area contributed by atoms with Gasteiger partial charge in [-0.05, 0) is 73.7 Å². The molecule has 0 amide bonds. The fourth-order valence-corrected chi connectivity index (χ4v) is 4.99. The highest BCUT2D eigenvalue weighted by Gasteiger charge is 2.21. The number of aromatic nitrogens is 2. The van der Waals surface area contributed by atoms with Crippen LogP contribution in [0.5, 0.6) is 23.0 Å². The van der Waals surface area contributed by atoms with Crippen LogP contribution in [-0.4, -0.2) is 35.8 Å². The summed E-state index contributed by atoms with van der Waals surface area (Å²) >= 11 is 0. The van der Waals surface area contributed by atoms with E-state index in [0.717, 1.165) is 18.4 Å². The normalized spacial score (nSPS) is 15.4. The lowest BCUT2D eigenvalue weighted by Gasteiger charge is -2.19. The predicted octanol–water partition coefficient (Wildman–Crippen LogP) is 5.63. The standard InChI is InChI=1S/C30H28N2O5/c1-34-25-10-6-7-20(29(25)37-22-8-2-3-9-22)12-14-23-28(30(33)32-16-5-4-11-27(32)31-23)21-13-15-24-26(19-21)36-18-17-35-24/h4-7,10-16,19,22H,2-3,8-9,17-18H2,1H3. The van der Waals surface area contributed by atoms with Crippen molar-refractivity contribution >= 4 is 17.8 Å². The van der Waals surface area contributed by atoms with Gasteiger partial charge in [0.05, 0.1) is 24.5 Å². The van der Waals surface area contributed by atoms with Crippen molar-refractivity contribution in [1.82, 2.24) is 9.38 Å². The van der Waals surface area contributed by atoms with Crippen LogP contribution < -0.4 is 24.5 Å². The number of methoxy groups -OCH3 is 1. The van der Waals surface area contributed by atoms with E-state index < -0.39 is 0 Å². The molecule has 2 aliphatic rings. The minimum Gasteiger partial charge on any atom is -0.493 e. The van der Waals surface area contributed by atoms with Gasteiger partial charge in [-0.3, -0.25) is 9.20 Å². The van der Waals surface area contributed by atoms with Crippen LogP contribution in [0.3, 0.4) is 0 Å². The largest absolute Gasteiger partial charge is 0.493 e. The molecule has 188 valence electrons. The first-order chi connectivity index (χ1) is 18.2. The molecule has 0 radical (unpaired) electrons. The molecule has 0 saturated heterocycles. The van der Waals surface area contributed by atoms with E-state index in [4.69, 9.17) is 23.9 Å². The van der Waals surface area contributed by atoms with E-state index in [0.29, 0.717) is 58.7 Å². The molecule has 1 fully saturated rings. The van der Waals surface area contributed by atoms with Gasteiger partial charge >= 0.3 is 0 Å². The average Bonchev–Trinajstić information content (AvgIpc) is 3.45. The number of benzene rings is 2. The molecule has 3 heterocycles. The first kappa shape index (κ1) is 23.2. The van der Waals surface area contributed by atoms with Crippen LogP contribution in [-0.2, 0) is 0 Å². The van der Waals surface area contributed by atoms with E-state index in [1.807, 2.05) is 66.7 Å². The molecular formula is C30H28N2O5. The number of para-hydroxylation sites is 1. The Morgan fingerprint density at radius 2 is 1.81 bits per heavy atom. The quantitative estimate of drug-likeness (QED) is 0.344. The summed E-state index contributed by atoms with van der Waals surface area (Å²) in [6.07, 6.45) is 10.2. The van der Waals surface area contributed by atoms with Crippen LogP contribution in [0, 0.1) is 0 Å². The molecule has 0 N–H and O–H groups in total. The van der Waals surface area contributed by atoms with Crippen LogP contribution in [0.2, 0.25) is 0 Å². The maximum absolute atomic E-state index is 13.7. The zero-order valence-corrected chi connectivity index (χ0v) is 20.7. The van der Waals surface area contributed by atoms with Gasteiger partial charge < -0.3 is 18.9 Å². The van der Waals surface area contributed by atoms with E-state index in [9.17, 15) is 4.79 Å². The monoisotopic (exact) mass is 496 g/mol. The van der Waals surface area contributed by atoms with Gasteiger partial charge in [-0.15, -0.1) is 0 Å². The minimum absolute atomic E-state index is 0.157. The molecule has 1 aliphatic heterocycles. The molecule has 6 rings (SSSR count). The summed E-state index contributed by atoms with van der Waals surface area (Å²) in [5, 5.41) is 0. The second-order valence-corrected chi connectivity index (χ2v) is 9.20. The summed E-state index contributed by atoms with van der Waals surface area (Å²) in [6.45, 7) is 0.976. The number of hydrogen-bond donors (Lipinski definition) is 0. The molecule has 37 heavy (non-hydrogen) atoms. The van der Waals surface area contributed by atoms with Gasteiger partial charge in [0.25, 0.3) is 5.56 Å². The van der Waals surface area contributed by atoms with Gasteiger partial charge in [-0.2, -0.15) is 0 Å². The molecule has 7 heteroatoms. The molecule has 0 unspecified atom stereocenters. The fourth-order valence-electron chi connectivity index (χ4n) is 4.99. The Balaban J connectivity index is 1.47. The number of rotatable bonds is 6. The maximum atomic E-state index is 13.7. The van der Waals surface area contributed by atoms with Crippen molar-refractivity contribution in [2.24, 2.45) is 0 Å². The van der Waals surface area contributed by atoms with Crippen LogP contribution in [0.1, 0.15) is 36.9 Å². The van der Waals surface area contributed by atoms with Crippen LogP contribution in [0.25, 0.3) is 28.9 Å². The van der Waals surface area contributed by atoms with Crippen molar-refractivity contribution in [1.29, 1.82) is 0 Å². The average molecular weight is 497 g/mol. The van der Waals surface area contributed by atoms with E-state index >= 15 is 0 Å². The van der Waals surface area contributed by atoms with Crippen LogP contribution in [0.15, 0.2) is 65.6 Å². The maximum Gasteiger partial charge on any atom is 0.266 e. The molecule has 1 saturated carbocycles. The van der Waals surface area contributed by atoms with Crippen LogP contribution in [0.4, 0.5) is 0 Å². The zero-order valence-electron chi connectivity index (χ0n) is 20.7. The predicted molar refractivity (Wildman–Crippen MR) is 143 cm³/mol. The molecule has 0 spiro atoms. The van der Waals surface area contributed by atoms with E-state index in [1.54, 1.807) is 17.7 Å². The second-order valence-electron chi connectivity index (χ2n) is 9.20. The lowest BCUT2D eigenvalue weighted by Crippen LogP contribution is -2.19. The summed E-state index contributed by atoms with van der Waals surface area (Å²) in [4.78, 5) is 18.5. The molecule has 2 aromatic carbocycles. The van der Waals surface area contributed by atoms with E-state index in [-0.39, 0.29) is 11.7 Å². The summed E-state index contributed by atoms with van der Waals surface area (Å²) in [5.74, 6) is 2.70. The van der Waals surface area contributed by atoms with E-state index in [2.05, 4.69) is 0 Å². The molecule has 7 nitrogen and oxygen atoms in total. The van der Waals surface area contributed by atoms with E-state index in [1.165, 1.54) is 12.8 Å². The zero-order chi connectivity index (χ0) is 25.2. The second kappa shape index (κ2) is 10.0. The Bertz CT molecular complexity index is 1540. The van der Waals surface area contributed by atoms with Crippen molar-refractivity contribution in [2.45, 2.75) is 31.8 Å². The number of hydrogen-bond acceptors (Lipinski definition) is 6. The Morgan fingerprint density at radius 1 is 0.973 bits per heavy atom. The molecule has 1 aliphatic carbocycles. The Labute approximate surface area is 214 Å². The third kappa shape index (κ3) is 4.53. The fraction of sp³-hybridized carbons (Fsp3) is 0.267. The first-order valence-electron chi connectivity index (χ1n) is 12.6. The molecule has 0 bridgehead atoms. The Kier molecular flexibility index (Phi) is 6.26. The molecule has 0 atom stereocenters. The first-order valence-corrected chi connectivity index (χ1v) is 12.6.